The molecule has 0 aliphatic heterocycles. The third kappa shape index (κ3) is 71.3. The number of esters is 2. The summed E-state index contributed by atoms with van der Waals surface area (Å²) in [6, 6.07) is 0. The van der Waals surface area contributed by atoms with E-state index in [1.165, 1.54) is 347 Å². The van der Waals surface area contributed by atoms with Gasteiger partial charge >= 0.3 is 17.9 Å². The van der Waals surface area contributed by atoms with E-state index in [-0.39, 0.29) is 38.2 Å². The van der Waals surface area contributed by atoms with Gasteiger partial charge in [0.15, 0.2) is 6.10 Å². The lowest BCUT2D eigenvalue weighted by molar-refractivity contribution is -0.870. The van der Waals surface area contributed by atoms with Crippen molar-refractivity contribution in [1.82, 2.24) is 0 Å². The van der Waals surface area contributed by atoms with Crippen LogP contribution in [0.25, 0.3) is 0 Å². The number of carboxylic acid groups (broad SMARTS) is 1. The van der Waals surface area contributed by atoms with Crippen molar-refractivity contribution in [3.8, 4) is 0 Å². The molecular formula is C78H152NO8+. The number of hydrogen-bond acceptors (Lipinski definition) is 7. The highest BCUT2D eigenvalue weighted by Crippen LogP contribution is 2.20. The second-order valence-electron chi connectivity index (χ2n) is 28.0. The smallest absolute Gasteiger partial charge is 0.361 e. The molecule has 9 heteroatoms. The second-order valence-corrected chi connectivity index (χ2v) is 28.0. The third-order valence-corrected chi connectivity index (χ3v) is 18.0. The molecule has 0 spiro atoms. The minimum atomic E-state index is -1.51. The molecule has 0 rings (SSSR count). The Morgan fingerprint density at radius 1 is 0.333 bits per heavy atom. The Bertz CT molecular complexity index is 1430. The first kappa shape index (κ1) is 85.0. The number of nitrogens with zero attached hydrogens (tertiary/aromatic N) is 1. The number of rotatable bonds is 74. The summed E-state index contributed by atoms with van der Waals surface area (Å²) >= 11 is 0. The monoisotopic (exact) mass is 1230 g/mol. The van der Waals surface area contributed by atoms with Gasteiger partial charge in [-0.15, -0.1) is 0 Å². The van der Waals surface area contributed by atoms with Crippen molar-refractivity contribution >= 4 is 17.9 Å². The van der Waals surface area contributed by atoms with Crippen molar-refractivity contribution in [3.05, 3.63) is 12.2 Å². The van der Waals surface area contributed by atoms with E-state index in [1.54, 1.807) is 0 Å². The van der Waals surface area contributed by atoms with Crippen molar-refractivity contribution in [3.63, 3.8) is 0 Å². The van der Waals surface area contributed by atoms with Gasteiger partial charge in [0.2, 0.25) is 0 Å². The van der Waals surface area contributed by atoms with Gasteiger partial charge in [-0.3, -0.25) is 9.59 Å². The molecule has 0 aromatic heterocycles. The molecule has 9 nitrogen and oxygen atoms in total. The summed E-state index contributed by atoms with van der Waals surface area (Å²) < 4.78 is 23.1. The van der Waals surface area contributed by atoms with E-state index in [9.17, 15) is 19.5 Å². The van der Waals surface area contributed by atoms with Crippen LogP contribution in [0.15, 0.2) is 12.2 Å². The first-order valence-corrected chi connectivity index (χ1v) is 38.9. The number of aliphatic carboxylic acids is 1. The number of carboxylic acids is 1. The first-order chi connectivity index (χ1) is 42.6. The largest absolute Gasteiger partial charge is 0.477 e. The minimum absolute atomic E-state index is 0.173. The fraction of sp³-hybridized carbons (Fsp3) is 0.936. The van der Waals surface area contributed by atoms with Gasteiger partial charge in [0.25, 0.3) is 6.29 Å². The predicted molar refractivity (Wildman–Crippen MR) is 374 cm³/mol. The summed E-state index contributed by atoms with van der Waals surface area (Å²) in [4.78, 5) is 37.7. The molecule has 2 unspecified atom stereocenters. The number of likely N-dealkylation sites (N-methyl/N-ethyl adjacent to an activating group) is 1. The Balaban J connectivity index is 3.98. The Morgan fingerprint density at radius 3 is 0.851 bits per heavy atom. The van der Waals surface area contributed by atoms with E-state index >= 15 is 0 Å². The Morgan fingerprint density at radius 2 is 0.586 bits per heavy atom. The van der Waals surface area contributed by atoms with Crippen LogP contribution in [0.1, 0.15) is 412 Å². The maximum absolute atomic E-state index is 13.0. The first-order valence-electron chi connectivity index (χ1n) is 38.9. The lowest BCUT2D eigenvalue weighted by Crippen LogP contribution is -2.40. The maximum atomic E-state index is 13.0. The number of carbonyl (C=O) groups is 3. The van der Waals surface area contributed by atoms with Crippen LogP contribution in [0.4, 0.5) is 0 Å². The lowest BCUT2D eigenvalue weighted by atomic mass is 10.0. The van der Waals surface area contributed by atoms with E-state index < -0.39 is 18.4 Å². The molecule has 0 heterocycles. The van der Waals surface area contributed by atoms with Crippen LogP contribution in [-0.2, 0) is 33.3 Å². The molecular weight excluding hydrogens is 1080 g/mol. The lowest BCUT2D eigenvalue weighted by Gasteiger charge is -2.25. The molecule has 0 aliphatic rings. The van der Waals surface area contributed by atoms with Crippen molar-refractivity contribution in [1.29, 1.82) is 0 Å². The second kappa shape index (κ2) is 69.9. The molecule has 87 heavy (non-hydrogen) atoms. The van der Waals surface area contributed by atoms with Gasteiger partial charge in [-0.05, 0) is 38.5 Å². The maximum Gasteiger partial charge on any atom is 0.361 e. The van der Waals surface area contributed by atoms with E-state index in [4.69, 9.17) is 18.9 Å². The van der Waals surface area contributed by atoms with Gasteiger partial charge in [0, 0.05) is 12.8 Å². The molecule has 1 N–H and O–H groups in total. The van der Waals surface area contributed by atoms with Crippen molar-refractivity contribution in [2.24, 2.45) is 0 Å². The van der Waals surface area contributed by atoms with E-state index in [2.05, 4.69) is 26.0 Å². The van der Waals surface area contributed by atoms with Crippen LogP contribution in [0.5, 0.6) is 0 Å². The zero-order chi connectivity index (χ0) is 63.3. The molecule has 0 aromatic rings. The van der Waals surface area contributed by atoms with Crippen LogP contribution in [0, 0.1) is 0 Å². The standard InChI is InChI=1S/C78H151NO8/c1-6-8-10-12-14-16-18-20-22-24-26-28-30-32-34-36-37-38-39-41-43-45-47-49-51-53-55-57-59-61-63-65-67-69-76(81)87-74(73-86-78(77(82)83)84-71-70-79(3,4)5)72-85-75(80)68-66-64-62-60-58-56-54-52-50-48-46-44-42-40-35-33-31-29-27-25-23-21-19-17-15-13-11-9-7-2/h24,26,74,78H,6-23,25,27-73H2,1-5H3/p+1/b26-24-. The Hall–Kier alpha value is -1.97. The SMILES string of the molecule is CCCCCCCCCC/C=C\CCCCCCCCCCCCCCCCCCCCCCCC(=O)OC(COC(=O)CCCCCCCCCCCCCCCCCCCCCCCCCCCCCCC)COC(OCC[N+](C)(C)C)C(=O)O. The molecule has 0 aliphatic carbocycles. The summed E-state index contributed by atoms with van der Waals surface area (Å²) in [7, 11) is 6.00. The number of quaternary nitrogens is 1. The number of carbonyl (C=O) groups excluding carboxylic acids is 2. The molecule has 0 amide bonds. The summed E-state index contributed by atoms with van der Waals surface area (Å²) in [5.74, 6) is -1.96. The molecule has 0 radical (unpaired) electrons. The summed E-state index contributed by atoms with van der Waals surface area (Å²) in [5, 5.41) is 9.76. The van der Waals surface area contributed by atoms with E-state index in [0.717, 1.165) is 38.5 Å². The van der Waals surface area contributed by atoms with Crippen molar-refractivity contribution in [2.45, 2.75) is 424 Å². The molecule has 0 fully saturated rings. The molecule has 516 valence electrons. The zero-order valence-electron chi connectivity index (χ0n) is 59.2. The third-order valence-electron chi connectivity index (χ3n) is 18.0. The molecule has 0 aromatic carbocycles. The van der Waals surface area contributed by atoms with Crippen LogP contribution in [-0.4, -0.2) is 87.4 Å². The van der Waals surface area contributed by atoms with Crippen molar-refractivity contribution < 1.29 is 42.9 Å². The van der Waals surface area contributed by atoms with Crippen molar-refractivity contribution in [2.75, 3.05) is 47.5 Å². The summed E-state index contributed by atoms with van der Waals surface area (Å²) in [6.45, 7) is 4.97. The molecule has 0 bridgehead atoms. The zero-order valence-corrected chi connectivity index (χ0v) is 59.2. The van der Waals surface area contributed by atoms with Gasteiger partial charge in [0.05, 0.1) is 34.4 Å². The highest BCUT2D eigenvalue weighted by Gasteiger charge is 2.25. The van der Waals surface area contributed by atoms with Crippen LogP contribution in [0.3, 0.4) is 0 Å². The number of ether oxygens (including phenoxy) is 4. The van der Waals surface area contributed by atoms with Crippen LogP contribution < -0.4 is 0 Å². The number of allylic oxidation sites excluding steroid dienone is 2. The van der Waals surface area contributed by atoms with Gasteiger partial charge < -0.3 is 28.5 Å². The predicted octanol–water partition coefficient (Wildman–Crippen LogP) is 24.4. The van der Waals surface area contributed by atoms with Gasteiger partial charge in [0.1, 0.15) is 13.2 Å². The highest BCUT2D eigenvalue weighted by molar-refractivity contribution is 5.71. The average Bonchev–Trinajstić information content (AvgIpc) is 3.59. The van der Waals surface area contributed by atoms with Gasteiger partial charge in [-0.25, -0.2) is 4.79 Å². The molecule has 0 saturated heterocycles. The van der Waals surface area contributed by atoms with Gasteiger partial charge in [-0.1, -0.05) is 373 Å². The molecule has 2 atom stereocenters. The van der Waals surface area contributed by atoms with E-state index in [0.29, 0.717) is 17.4 Å². The number of unbranched alkanes of at least 4 members (excludes halogenated alkanes) is 57. The average molecular weight is 1230 g/mol. The fourth-order valence-electron chi connectivity index (χ4n) is 12.1. The summed E-state index contributed by atoms with van der Waals surface area (Å²) in [5.41, 5.74) is 0. The van der Waals surface area contributed by atoms with Gasteiger partial charge in [-0.2, -0.15) is 0 Å². The summed E-state index contributed by atoms with van der Waals surface area (Å²) in [6.07, 6.45) is 83.6. The van der Waals surface area contributed by atoms with Crippen LogP contribution >= 0.6 is 0 Å². The van der Waals surface area contributed by atoms with E-state index in [1.807, 2.05) is 21.1 Å². The highest BCUT2D eigenvalue weighted by atomic mass is 16.7. The quantitative estimate of drug-likeness (QED) is 0.0211. The Kier molecular flexibility index (Phi) is 68.3. The normalized spacial score (nSPS) is 12.6. The molecule has 0 saturated carbocycles. The minimum Gasteiger partial charge on any atom is -0.477 e. The fourth-order valence-corrected chi connectivity index (χ4v) is 12.1. The van der Waals surface area contributed by atoms with Crippen LogP contribution in [0.2, 0.25) is 0 Å². The Labute approximate surface area is 542 Å². The topological polar surface area (TPSA) is 108 Å². The number of hydrogen-bond donors (Lipinski definition) is 1.